The van der Waals surface area contributed by atoms with Crippen LogP contribution in [0.4, 0.5) is 10.1 Å². The molecule has 0 spiro atoms. The van der Waals surface area contributed by atoms with Gasteiger partial charge in [0, 0.05) is 23.7 Å². The number of hydrogen-bond acceptors (Lipinski definition) is 2. The van der Waals surface area contributed by atoms with Crippen LogP contribution in [0.3, 0.4) is 0 Å². The molecule has 4 nitrogen and oxygen atoms in total. The first-order valence-corrected chi connectivity index (χ1v) is 7.55. The molecule has 2 N–H and O–H groups in total. The fourth-order valence-electron chi connectivity index (χ4n) is 2.23. The molecule has 0 saturated heterocycles. The van der Waals surface area contributed by atoms with Crippen molar-refractivity contribution < 1.29 is 14.0 Å². The van der Waals surface area contributed by atoms with Gasteiger partial charge in [0.25, 0.3) is 5.91 Å². The number of amides is 2. The van der Waals surface area contributed by atoms with Gasteiger partial charge in [0.2, 0.25) is 5.91 Å². The van der Waals surface area contributed by atoms with Gasteiger partial charge in [-0.05, 0) is 54.8 Å². The van der Waals surface area contributed by atoms with Crippen molar-refractivity contribution in [3.8, 4) is 0 Å². The van der Waals surface area contributed by atoms with Gasteiger partial charge in [0.05, 0.1) is 0 Å². The molecule has 0 unspecified atom stereocenters. The highest BCUT2D eigenvalue weighted by atomic mass is 19.1. The second-order valence-electron chi connectivity index (χ2n) is 5.65. The van der Waals surface area contributed by atoms with Crippen LogP contribution in [0.25, 0.3) is 0 Å². The predicted molar refractivity (Wildman–Crippen MR) is 85.4 cm³/mol. The van der Waals surface area contributed by atoms with Crippen molar-refractivity contribution in [2.45, 2.75) is 19.4 Å². The molecule has 0 bridgehead atoms. The Kier molecular flexibility index (Phi) is 4.37. The van der Waals surface area contributed by atoms with Crippen molar-refractivity contribution in [2.75, 3.05) is 5.32 Å². The highest BCUT2D eigenvalue weighted by molar-refractivity contribution is 5.94. The Morgan fingerprint density at radius 2 is 1.83 bits per heavy atom. The molecule has 118 valence electrons. The third-order valence-corrected chi connectivity index (χ3v) is 3.70. The van der Waals surface area contributed by atoms with E-state index in [2.05, 4.69) is 10.6 Å². The molecule has 0 aliphatic heterocycles. The fourth-order valence-corrected chi connectivity index (χ4v) is 2.23. The Bertz CT molecular complexity index is 724. The van der Waals surface area contributed by atoms with E-state index >= 15 is 0 Å². The molecule has 0 atom stereocenters. The molecular formula is C18H17FN2O2. The maximum Gasteiger partial charge on any atom is 0.251 e. The van der Waals surface area contributed by atoms with Gasteiger partial charge in [-0.3, -0.25) is 9.59 Å². The number of rotatable bonds is 5. The number of nitrogens with one attached hydrogen (secondary N) is 2. The molecule has 1 fully saturated rings. The van der Waals surface area contributed by atoms with Gasteiger partial charge in [0.1, 0.15) is 5.82 Å². The van der Waals surface area contributed by atoms with Crippen LogP contribution >= 0.6 is 0 Å². The third kappa shape index (κ3) is 4.16. The molecule has 1 aliphatic carbocycles. The number of benzene rings is 2. The Balaban J connectivity index is 1.58. The van der Waals surface area contributed by atoms with Crippen molar-refractivity contribution in [2.24, 2.45) is 5.92 Å². The van der Waals surface area contributed by atoms with E-state index in [0.717, 1.165) is 24.1 Å². The average molecular weight is 312 g/mol. The number of anilines is 1. The minimum atomic E-state index is -0.374. The summed E-state index contributed by atoms with van der Waals surface area (Å²) >= 11 is 0. The van der Waals surface area contributed by atoms with Crippen molar-refractivity contribution in [3.63, 3.8) is 0 Å². The summed E-state index contributed by atoms with van der Waals surface area (Å²) < 4.78 is 12.8. The van der Waals surface area contributed by atoms with E-state index in [0.29, 0.717) is 12.1 Å². The maximum absolute atomic E-state index is 12.8. The van der Waals surface area contributed by atoms with Crippen LogP contribution in [0, 0.1) is 11.7 Å². The molecule has 0 radical (unpaired) electrons. The average Bonchev–Trinajstić information content (AvgIpc) is 3.38. The van der Waals surface area contributed by atoms with Gasteiger partial charge in [0.15, 0.2) is 0 Å². The van der Waals surface area contributed by atoms with Gasteiger partial charge in [-0.1, -0.05) is 12.1 Å². The summed E-state index contributed by atoms with van der Waals surface area (Å²) in [6.45, 7) is 0.337. The second kappa shape index (κ2) is 6.60. The topological polar surface area (TPSA) is 58.2 Å². The first-order chi connectivity index (χ1) is 11.1. The molecular weight excluding hydrogens is 295 g/mol. The van der Waals surface area contributed by atoms with Crippen molar-refractivity contribution >= 4 is 17.5 Å². The lowest BCUT2D eigenvalue weighted by Gasteiger charge is -2.08. The molecule has 0 heterocycles. The van der Waals surface area contributed by atoms with E-state index in [1.54, 1.807) is 0 Å². The number of carbonyl (C=O) groups is 2. The van der Waals surface area contributed by atoms with E-state index in [9.17, 15) is 14.0 Å². The van der Waals surface area contributed by atoms with Gasteiger partial charge in [-0.2, -0.15) is 0 Å². The molecule has 3 rings (SSSR count). The van der Waals surface area contributed by atoms with Gasteiger partial charge >= 0.3 is 0 Å². The van der Waals surface area contributed by atoms with E-state index < -0.39 is 0 Å². The van der Waals surface area contributed by atoms with Crippen molar-refractivity contribution in [1.29, 1.82) is 0 Å². The Morgan fingerprint density at radius 3 is 2.52 bits per heavy atom. The molecule has 0 aromatic heterocycles. The second-order valence-corrected chi connectivity index (χ2v) is 5.65. The lowest BCUT2D eigenvalue weighted by Crippen LogP contribution is -2.22. The molecule has 2 aromatic rings. The highest BCUT2D eigenvalue weighted by Gasteiger charge is 2.29. The van der Waals surface area contributed by atoms with Crippen LogP contribution < -0.4 is 10.6 Å². The van der Waals surface area contributed by atoms with Crippen LogP contribution in [0.1, 0.15) is 28.8 Å². The minimum Gasteiger partial charge on any atom is -0.348 e. The quantitative estimate of drug-likeness (QED) is 0.891. The molecule has 5 heteroatoms. The van der Waals surface area contributed by atoms with Gasteiger partial charge < -0.3 is 10.6 Å². The van der Waals surface area contributed by atoms with Gasteiger partial charge in [-0.15, -0.1) is 0 Å². The molecule has 1 saturated carbocycles. The smallest absolute Gasteiger partial charge is 0.251 e. The van der Waals surface area contributed by atoms with Crippen LogP contribution in [-0.4, -0.2) is 11.8 Å². The zero-order valence-electron chi connectivity index (χ0n) is 12.5. The van der Waals surface area contributed by atoms with Crippen LogP contribution in [0.15, 0.2) is 48.5 Å². The number of carbonyl (C=O) groups excluding carboxylic acids is 2. The normalized spacial score (nSPS) is 13.4. The largest absolute Gasteiger partial charge is 0.348 e. The monoisotopic (exact) mass is 312 g/mol. The van der Waals surface area contributed by atoms with Gasteiger partial charge in [-0.25, -0.2) is 4.39 Å². The fraction of sp³-hybridized carbons (Fsp3) is 0.222. The summed E-state index contributed by atoms with van der Waals surface area (Å²) in [5.41, 5.74) is 2.02. The first kappa shape index (κ1) is 15.2. The molecule has 1 aliphatic rings. The Labute approximate surface area is 133 Å². The number of halogens is 1. The number of hydrogen-bond donors (Lipinski definition) is 2. The minimum absolute atomic E-state index is 0.0532. The standard InChI is InChI=1S/C18H17FN2O2/c19-15-8-6-13(7-9-15)17(22)20-11-12-2-1-3-16(10-12)21-18(23)14-4-5-14/h1-3,6-10,14H,4-5,11H2,(H,20,22)(H,21,23). The molecule has 23 heavy (non-hydrogen) atoms. The van der Waals surface area contributed by atoms with Crippen LogP contribution in [0.2, 0.25) is 0 Å². The van der Waals surface area contributed by atoms with Crippen molar-refractivity contribution in [1.82, 2.24) is 5.32 Å². The zero-order valence-corrected chi connectivity index (χ0v) is 12.5. The van der Waals surface area contributed by atoms with E-state index in [4.69, 9.17) is 0 Å². The summed E-state index contributed by atoms with van der Waals surface area (Å²) in [4.78, 5) is 23.7. The van der Waals surface area contributed by atoms with Crippen LogP contribution in [0.5, 0.6) is 0 Å². The summed E-state index contributed by atoms with van der Waals surface area (Å²) in [5, 5.41) is 5.65. The summed E-state index contributed by atoms with van der Waals surface area (Å²) in [7, 11) is 0. The predicted octanol–water partition coefficient (Wildman–Crippen LogP) is 3.10. The Morgan fingerprint density at radius 1 is 1.09 bits per heavy atom. The maximum atomic E-state index is 12.8. The first-order valence-electron chi connectivity index (χ1n) is 7.55. The van der Waals surface area contributed by atoms with E-state index in [-0.39, 0.29) is 23.5 Å². The van der Waals surface area contributed by atoms with E-state index in [1.165, 1.54) is 24.3 Å². The summed E-state index contributed by atoms with van der Waals surface area (Å²) in [5.74, 6) is -0.438. The van der Waals surface area contributed by atoms with Crippen LogP contribution in [-0.2, 0) is 11.3 Å². The van der Waals surface area contributed by atoms with E-state index in [1.807, 2.05) is 24.3 Å². The molecule has 2 aromatic carbocycles. The van der Waals surface area contributed by atoms with Crippen molar-refractivity contribution in [3.05, 3.63) is 65.5 Å². The third-order valence-electron chi connectivity index (χ3n) is 3.70. The Hall–Kier alpha value is -2.69. The lowest BCUT2D eigenvalue weighted by molar-refractivity contribution is -0.117. The molecule has 2 amide bonds. The lowest BCUT2D eigenvalue weighted by atomic mass is 10.1. The highest BCUT2D eigenvalue weighted by Crippen LogP contribution is 2.30. The summed E-state index contributed by atoms with van der Waals surface area (Å²) in [6, 6.07) is 12.8. The summed E-state index contributed by atoms with van der Waals surface area (Å²) in [6.07, 6.45) is 1.92. The SMILES string of the molecule is O=C(NCc1cccc(NC(=O)C2CC2)c1)c1ccc(F)cc1. The zero-order chi connectivity index (χ0) is 16.2.